The number of ether oxygens (including phenoxy) is 2. The molecule has 0 radical (unpaired) electrons. The molecule has 10 nitrogen and oxygen atoms in total. The number of nitrogens with zero attached hydrogens (tertiary/aromatic N) is 1. The lowest BCUT2D eigenvalue weighted by molar-refractivity contribution is 0.0730. The second kappa shape index (κ2) is 10.7. The fraction of sp³-hybridized carbons (Fsp3) is 0.250. The lowest BCUT2D eigenvalue weighted by Crippen LogP contribution is -2.40. The second-order valence-corrected chi connectivity index (χ2v) is 9.58. The van der Waals surface area contributed by atoms with E-state index >= 15 is 0 Å². The molecule has 35 heavy (non-hydrogen) atoms. The standard InChI is InChI=1S/C24H25N3O7S/c1-32-22-9-8-18(35(30,31)27-10-13-33-14-11-27)15-20(22)24(29)26-21-7-3-2-6-19(21)23(28)25-16-17-5-4-12-34-17/h2-9,12,15H,10-11,13-14,16H2,1H3,(H,25,28)(H,26,29). The fourth-order valence-corrected chi connectivity index (χ4v) is 5.05. The molecule has 0 spiro atoms. The molecule has 0 unspecified atom stereocenters. The van der Waals surface area contributed by atoms with Gasteiger partial charge in [-0.25, -0.2) is 8.42 Å². The lowest BCUT2D eigenvalue weighted by atomic mass is 10.1. The molecule has 1 aromatic heterocycles. The van der Waals surface area contributed by atoms with Gasteiger partial charge in [0.05, 0.1) is 54.8 Å². The molecule has 2 aromatic carbocycles. The van der Waals surface area contributed by atoms with E-state index in [-0.39, 0.29) is 47.1 Å². The van der Waals surface area contributed by atoms with Crippen molar-refractivity contribution in [1.82, 2.24) is 9.62 Å². The van der Waals surface area contributed by atoms with Crippen LogP contribution in [0.5, 0.6) is 5.75 Å². The third-order valence-electron chi connectivity index (χ3n) is 5.45. The van der Waals surface area contributed by atoms with Crippen molar-refractivity contribution in [3.63, 3.8) is 0 Å². The second-order valence-electron chi connectivity index (χ2n) is 7.64. The summed E-state index contributed by atoms with van der Waals surface area (Å²) in [5.41, 5.74) is 0.522. The maximum Gasteiger partial charge on any atom is 0.259 e. The molecule has 0 saturated carbocycles. The molecule has 184 valence electrons. The van der Waals surface area contributed by atoms with Crippen molar-refractivity contribution in [2.45, 2.75) is 11.4 Å². The summed E-state index contributed by atoms with van der Waals surface area (Å²) in [6.07, 6.45) is 1.51. The lowest BCUT2D eigenvalue weighted by Gasteiger charge is -2.26. The zero-order chi connectivity index (χ0) is 24.8. The van der Waals surface area contributed by atoms with E-state index in [0.717, 1.165) is 0 Å². The first kappa shape index (κ1) is 24.5. The number of morpholine rings is 1. The van der Waals surface area contributed by atoms with Crippen LogP contribution in [0.4, 0.5) is 5.69 Å². The fourth-order valence-electron chi connectivity index (χ4n) is 3.62. The van der Waals surface area contributed by atoms with Gasteiger partial charge in [0, 0.05) is 13.1 Å². The summed E-state index contributed by atoms with van der Waals surface area (Å²) >= 11 is 0. The minimum absolute atomic E-state index is 0.0210. The van der Waals surface area contributed by atoms with Crippen LogP contribution in [-0.2, 0) is 21.3 Å². The summed E-state index contributed by atoms with van der Waals surface area (Å²) in [6, 6.07) is 14.1. The zero-order valence-electron chi connectivity index (χ0n) is 19.0. The average Bonchev–Trinajstić information content (AvgIpc) is 3.41. The first-order valence-corrected chi connectivity index (χ1v) is 12.3. The van der Waals surface area contributed by atoms with Crippen molar-refractivity contribution >= 4 is 27.5 Å². The van der Waals surface area contributed by atoms with E-state index in [9.17, 15) is 18.0 Å². The van der Waals surface area contributed by atoms with Gasteiger partial charge in [-0.2, -0.15) is 4.31 Å². The molecular formula is C24H25N3O7S. The Labute approximate surface area is 202 Å². The van der Waals surface area contributed by atoms with Crippen molar-refractivity contribution in [2.24, 2.45) is 0 Å². The number of amides is 2. The third kappa shape index (κ3) is 5.53. The highest BCUT2D eigenvalue weighted by Gasteiger charge is 2.28. The van der Waals surface area contributed by atoms with Crippen LogP contribution in [0.15, 0.2) is 70.2 Å². The van der Waals surface area contributed by atoms with Gasteiger partial charge in [0.25, 0.3) is 11.8 Å². The summed E-state index contributed by atoms with van der Waals surface area (Å²) in [5.74, 6) is -0.244. The Morgan fingerprint density at radius 1 is 1.00 bits per heavy atom. The van der Waals surface area contributed by atoms with Gasteiger partial charge in [-0.15, -0.1) is 0 Å². The molecule has 1 aliphatic rings. The summed E-state index contributed by atoms with van der Waals surface area (Å²) < 4.78 is 43.2. The Balaban J connectivity index is 1.57. The molecule has 1 saturated heterocycles. The number of methoxy groups -OCH3 is 1. The van der Waals surface area contributed by atoms with Gasteiger partial charge in [-0.1, -0.05) is 12.1 Å². The van der Waals surface area contributed by atoms with Gasteiger partial charge >= 0.3 is 0 Å². The number of nitrogens with one attached hydrogen (secondary N) is 2. The SMILES string of the molecule is COc1ccc(S(=O)(=O)N2CCOCC2)cc1C(=O)Nc1ccccc1C(=O)NCc1ccco1. The number of rotatable bonds is 8. The van der Waals surface area contributed by atoms with Gasteiger partial charge < -0.3 is 24.5 Å². The van der Waals surface area contributed by atoms with E-state index in [1.165, 1.54) is 35.9 Å². The minimum atomic E-state index is -3.82. The van der Waals surface area contributed by atoms with Crippen LogP contribution in [0.3, 0.4) is 0 Å². The Hall–Kier alpha value is -3.67. The molecule has 3 aromatic rings. The van der Waals surface area contributed by atoms with E-state index in [1.54, 1.807) is 36.4 Å². The van der Waals surface area contributed by atoms with Crippen LogP contribution in [0.2, 0.25) is 0 Å². The number of hydrogen-bond donors (Lipinski definition) is 2. The smallest absolute Gasteiger partial charge is 0.259 e. The maximum absolute atomic E-state index is 13.2. The van der Waals surface area contributed by atoms with Crippen LogP contribution in [-0.4, -0.2) is 58.0 Å². The minimum Gasteiger partial charge on any atom is -0.496 e. The van der Waals surface area contributed by atoms with Gasteiger partial charge in [0.1, 0.15) is 11.5 Å². The van der Waals surface area contributed by atoms with Crippen molar-refractivity contribution in [1.29, 1.82) is 0 Å². The summed E-state index contributed by atoms with van der Waals surface area (Å²) in [6.45, 7) is 1.26. The van der Waals surface area contributed by atoms with Crippen LogP contribution >= 0.6 is 0 Å². The molecule has 0 bridgehead atoms. The predicted molar refractivity (Wildman–Crippen MR) is 127 cm³/mol. The Morgan fingerprint density at radius 3 is 2.49 bits per heavy atom. The van der Waals surface area contributed by atoms with Crippen molar-refractivity contribution in [2.75, 3.05) is 38.7 Å². The summed E-state index contributed by atoms with van der Waals surface area (Å²) in [4.78, 5) is 25.9. The number of hydrogen-bond acceptors (Lipinski definition) is 7. The molecule has 2 heterocycles. The molecule has 11 heteroatoms. The Morgan fingerprint density at radius 2 is 1.77 bits per heavy atom. The van der Waals surface area contributed by atoms with Crippen molar-refractivity contribution < 1.29 is 31.9 Å². The van der Waals surface area contributed by atoms with Crippen LogP contribution < -0.4 is 15.4 Å². The van der Waals surface area contributed by atoms with Crippen LogP contribution in [0.25, 0.3) is 0 Å². The van der Waals surface area contributed by atoms with Crippen LogP contribution in [0.1, 0.15) is 26.5 Å². The molecule has 0 atom stereocenters. The predicted octanol–water partition coefficient (Wildman–Crippen LogP) is 2.49. The monoisotopic (exact) mass is 499 g/mol. The highest BCUT2D eigenvalue weighted by Crippen LogP contribution is 2.27. The van der Waals surface area contributed by atoms with E-state index in [1.807, 2.05) is 0 Å². The number of furan rings is 1. The number of para-hydroxylation sites is 1. The van der Waals surface area contributed by atoms with E-state index in [4.69, 9.17) is 13.9 Å². The molecule has 4 rings (SSSR count). The summed E-state index contributed by atoms with van der Waals surface area (Å²) in [7, 11) is -2.43. The first-order valence-electron chi connectivity index (χ1n) is 10.9. The van der Waals surface area contributed by atoms with Crippen molar-refractivity contribution in [3.8, 4) is 5.75 Å². The van der Waals surface area contributed by atoms with Crippen LogP contribution in [0, 0.1) is 0 Å². The van der Waals surface area contributed by atoms with Gasteiger partial charge in [-0.3, -0.25) is 9.59 Å². The molecular weight excluding hydrogens is 474 g/mol. The van der Waals surface area contributed by atoms with Gasteiger partial charge in [0.2, 0.25) is 10.0 Å². The van der Waals surface area contributed by atoms with E-state index in [0.29, 0.717) is 19.0 Å². The summed E-state index contributed by atoms with van der Waals surface area (Å²) in [5, 5.41) is 5.44. The highest BCUT2D eigenvalue weighted by molar-refractivity contribution is 7.89. The highest BCUT2D eigenvalue weighted by atomic mass is 32.2. The van der Waals surface area contributed by atoms with E-state index in [2.05, 4.69) is 10.6 Å². The number of benzene rings is 2. The first-order chi connectivity index (χ1) is 16.9. The Kier molecular flexibility index (Phi) is 7.49. The molecule has 1 fully saturated rings. The maximum atomic E-state index is 13.2. The molecule has 1 aliphatic heterocycles. The topological polar surface area (TPSA) is 127 Å². The number of carbonyl (C=O) groups is 2. The van der Waals surface area contributed by atoms with Gasteiger partial charge in [-0.05, 0) is 42.5 Å². The molecule has 2 N–H and O–H groups in total. The van der Waals surface area contributed by atoms with Gasteiger partial charge in [0.15, 0.2) is 0 Å². The number of sulfonamides is 1. The third-order valence-corrected chi connectivity index (χ3v) is 7.34. The number of carbonyl (C=O) groups excluding carboxylic acids is 2. The van der Waals surface area contributed by atoms with E-state index < -0.39 is 21.8 Å². The quantitative estimate of drug-likeness (QED) is 0.487. The largest absolute Gasteiger partial charge is 0.496 e. The normalized spacial score (nSPS) is 14.3. The van der Waals surface area contributed by atoms with Crippen molar-refractivity contribution in [3.05, 3.63) is 77.7 Å². The Bertz CT molecular complexity index is 1300. The molecule has 2 amide bonds. The average molecular weight is 500 g/mol. The zero-order valence-corrected chi connectivity index (χ0v) is 19.8. The number of anilines is 1. The molecule has 0 aliphatic carbocycles.